The van der Waals surface area contributed by atoms with E-state index in [4.69, 9.17) is 9.47 Å². The van der Waals surface area contributed by atoms with E-state index in [1.54, 1.807) is 18.2 Å². The highest BCUT2D eigenvalue weighted by Crippen LogP contribution is 2.42. The number of nitrogens with one attached hydrogen (secondary N) is 1. The van der Waals surface area contributed by atoms with Crippen LogP contribution in [0.1, 0.15) is 48.0 Å². The standard InChI is InChI=1S/C16H19N3O3S/c1-3-21-11-7-8-12(13(9-11)22-4-2)14(20)17-16-19-18-15(23-16)10-5-6-10/h7-10H,3-6H2,1-2H3,(H,17,19,20). The number of hydrogen-bond acceptors (Lipinski definition) is 6. The van der Waals surface area contributed by atoms with Crippen LogP contribution in [0.15, 0.2) is 18.2 Å². The maximum Gasteiger partial charge on any atom is 0.261 e. The number of amides is 1. The van der Waals surface area contributed by atoms with Crippen molar-refractivity contribution in [3.05, 3.63) is 28.8 Å². The predicted octanol–water partition coefficient (Wildman–Crippen LogP) is 3.47. The number of ether oxygens (including phenoxy) is 2. The molecule has 6 nitrogen and oxygen atoms in total. The number of aromatic nitrogens is 2. The smallest absolute Gasteiger partial charge is 0.261 e. The van der Waals surface area contributed by atoms with Crippen molar-refractivity contribution >= 4 is 22.4 Å². The molecule has 0 atom stereocenters. The lowest BCUT2D eigenvalue weighted by Crippen LogP contribution is -2.13. The Morgan fingerprint density at radius 1 is 1.26 bits per heavy atom. The molecule has 1 amide bonds. The van der Waals surface area contributed by atoms with Crippen molar-refractivity contribution < 1.29 is 14.3 Å². The number of anilines is 1. The highest BCUT2D eigenvalue weighted by Gasteiger charge is 2.28. The van der Waals surface area contributed by atoms with Gasteiger partial charge < -0.3 is 9.47 Å². The summed E-state index contributed by atoms with van der Waals surface area (Å²) in [5, 5.41) is 12.5. The first-order valence-corrected chi connectivity index (χ1v) is 8.57. The molecule has 1 aliphatic carbocycles. The Labute approximate surface area is 138 Å². The van der Waals surface area contributed by atoms with Gasteiger partial charge in [0, 0.05) is 12.0 Å². The lowest BCUT2D eigenvalue weighted by Gasteiger charge is -2.11. The van der Waals surface area contributed by atoms with Crippen LogP contribution in [-0.2, 0) is 0 Å². The van der Waals surface area contributed by atoms with Gasteiger partial charge >= 0.3 is 0 Å². The summed E-state index contributed by atoms with van der Waals surface area (Å²) in [7, 11) is 0. The molecule has 1 aliphatic rings. The summed E-state index contributed by atoms with van der Waals surface area (Å²) in [6.07, 6.45) is 2.33. The largest absolute Gasteiger partial charge is 0.494 e. The molecule has 1 aromatic heterocycles. The minimum absolute atomic E-state index is 0.255. The van der Waals surface area contributed by atoms with E-state index in [1.807, 2.05) is 13.8 Å². The summed E-state index contributed by atoms with van der Waals surface area (Å²) >= 11 is 1.44. The first-order valence-electron chi connectivity index (χ1n) is 7.75. The molecule has 122 valence electrons. The Morgan fingerprint density at radius 2 is 2.04 bits per heavy atom. The molecule has 23 heavy (non-hydrogen) atoms. The topological polar surface area (TPSA) is 73.3 Å². The molecule has 7 heteroatoms. The van der Waals surface area contributed by atoms with Crippen molar-refractivity contribution in [2.75, 3.05) is 18.5 Å². The quantitative estimate of drug-likeness (QED) is 0.840. The van der Waals surface area contributed by atoms with E-state index in [0.29, 0.717) is 41.3 Å². The van der Waals surface area contributed by atoms with Gasteiger partial charge in [-0.1, -0.05) is 11.3 Å². The van der Waals surface area contributed by atoms with Gasteiger partial charge in [-0.2, -0.15) is 0 Å². The molecule has 0 aliphatic heterocycles. The van der Waals surface area contributed by atoms with Crippen molar-refractivity contribution in [2.45, 2.75) is 32.6 Å². The normalized spacial score (nSPS) is 13.7. The SMILES string of the molecule is CCOc1ccc(C(=O)Nc2nnc(C3CC3)s2)c(OCC)c1. The summed E-state index contributed by atoms with van der Waals surface area (Å²) in [5.41, 5.74) is 0.457. The summed E-state index contributed by atoms with van der Waals surface area (Å²) in [6.45, 7) is 4.82. The maximum atomic E-state index is 12.5. The minimum atomic E-state index is -0.255. The van der Waals surface area contributed by atoms with Crippen LogP contribution in [0, 0.1) is 0 Å². The second kappa shape index (κ2) is 6.95. The number of carbonyl (C=O) groups is 1. The average molecular weight is 333 g/mol. The third-order valence-electron chi connectivity index (χ3n) is 3.40. The van der Waals surface area contributed by atoms with Crippen molar-refractivity contribution in [3.63, 3.8) is 0 Å². The van der Waals surface area contributed by atoms with Crippen LogP contribution in [0.4, 0.5) is 5.13 Å². The summed E-state index contributed by atoms with van der Waals surface area (Å²) in [5.74, 6) is 1.46. The molecule has 1 N–H and O–H groups in total. The number of rotatable bonds is 7. The first-order chi connectivity index (χ1) is 11.2. The van der Waals surface area contributed by atoms with Crippen molar-refractivity contribution in [1.82, 2.24) is 10.2 Å². The molecule has 0 radical (unpaired) electrons. The lowest BCUT2D eigenvalue weighted by atomic mass is 10.2. The van der Waals surface area contributed by atoms with E-state index in [9.17, 15) is 4.79 Å². The van der Waals surface area contributed by atoms with Crippen LogP contribution in [-0.4, -0.2) is 29.3 Å². The zero-order valence-corrected chi connectivity index (χ0v) is 14.0. The molecule has 0 spiro atoms. The van der Waals surface area contributed by atoms with Crippen LogP contribution in [0.2, 0.25) is 0 Å². The van der Waals surface area contributed by atoms with Crippen LogP contribution < -0.4 is 14.8 Å². The average Bonchev–Trinajstić information content (AvgIpc) is 3.28. The first kappa shape index (κ1) is 15.7. The Kier molecular flexibility index (Phi) is 4.76. The third kappa shape index (κ3) is 3.79. The zero-order chi connectivity index (χ0) is 16.2. The van der Waals surface area contributed by atoms with E-state index < -0.39 is 0 Å². The van der Waals surface area contributed by atoms with Crippen LogP contribution >= 0.6 is 11.3 Å². The predicted molar refractivity (Wildman–Crippen MR) is 88.6 cm³/mol. The second-order valence-corrected chi connectivity index (χ2v) is 6.21. The van der Waals surface area contributed by atoms with Crippen LogP contribution in [0.25, 0.3) is 0 Å². The minimum Gasteiger partial charge on any atom is -0.494 e. The van der Waals surface area contributed by atoms with E-state index in [2.05, 4.69) is 15.5 Å². The number of nitrogens with zero attached hydrogens (tertiary/aromatic N) is 2. The van der Waals surface area contributed by atoms with Gasteiger partial charge in [-0.05, 0) is 38.8 Å². The monoisotopic (exact) mass is 333 g/mol. The third-order valence-corrected chi connectivity index (χ3v) is 4.40. The van der Waals surface area contributed by atoms with Crippen molar-refractivity contribution in [1.29, 1.82) is 0 Å². The molecule has 1 saturated carbocycles. The Balaban J connectivity index is 1.76. The van der Waals surface area contributed by atoms with Gasteiger partial charge in [-0.15, -0.1) is 10.2 Å². The zero-order valence-electron chi connectivity index (χ0n) is 13.2. The lowest BCUT2D eigenvalue weighted by molar-refractivity contribution is 0.102. The maximum absolute atomic E-state index is 12.5. The molecule has 3 rings (SSSR count). The molecule has 0 bridgehead atoms. The van der Waals surface area contributed by atoms with Gasteiger partial charge in [0.1, 0.15) is 16.5 Å². The van der Waals surface area contributed by atoms with Gasteiger partial charge in [0.05, 0.1) is 18.8 Å². The molecular formula is C16H19N3O3S. The number of carbonyl (C=O) groups excluding carboxylic acids is 1. The molecule has 0 saturated heterocycles. The molecular weight excluding hydrogens is 314 g/mol. The molecule has 2 aromatic rings. The summed E-state index contributed by atoms with van der Waals surface area (Å²) < 4.78 is 11.0. The molecule has 1 heterocycles. The van der Waals surface area contributed by atoms with Crippen LogP contribution in [0.5, 0.6) is 11.5 Å². The highest BCUT2D eigenvalue weighted by molar-refractivity contribution is 7.15. The van der Waals surface area contributed by atoms with E-state index in [0.717, 1.165) is 17.8 Å². The molecule has 0 unspecified atom stereocenters. The number of hydrogen-bond donors (Lipinski definition) is 1. The highest BCUT2D eigenvalue weighted by atomic mass is 32.1. The summed E-state index contributed by atoms with van der Waals surface area (Å²) in [4.78, 5) is 12.5. The van der Waals surface area contributed by atoms with Gasteiger partial charge in [0.2, 0.25) is 5.13 Å². The Hall–Kier alpha value is -2.15. The fraction of sp³-hybridized carbons (Fsp3) is 0.438. The Morgan fingerprint density at radius 3 is 2.74 bits per heavy atom. The Bertz CT molecular complexity index is 698. The van der Waals surface area contributed by atoms with Crippen molar-refractivity contribution in [2.24, 2.45) is 0 Å². The second-order valence-electron chi connectivity index (χ2n) is 5.20. The summed E-state index contributed by atoms with van der Waals surface area (Å²) in [6, 6.07) is 5.20. The van der Waals surface area contributed by atoms with Gasteiger partial charge in [0.15, 0.2) is 0 Å². The van der Waals surface area contributed by atoms with E-state index >= 15 is 0 Å². The van der Waals surface area contributed by atoms with E-state index in [-0.39, 0.29) is 5.91 Å². The molecule has 1 fully saturated rings. The fourth-order valence-corrected chi connectivity index (χ4v) is 3.07. The van der Waals surface area contributed by atoms with Gasteiger partial charge in [-0.3, -0.25) is 10.1 Å². The fourth-order valence-electron chi connectivity index (χ4n) is 2.17. The molecule has 1 aromatic carbocycles. The number of benzene rings is 1. The van der Waals surface area contributed by atoms with E-state index in [1.165, 1.54) is 11.3 Å². The van der Waals surface area contributed by atoms with Gasteiger partial charge in [0.25, 0.3) is 5.91 Å². The van der Waals surface area contributed by atoms with Gasteiger partial charge in [-0.25, -0.2) is 0 Å². The van der Waals surface area contributed by atoms with Crippen molar-refractivity contribution in [3.8, 4) is 11.5 Å². The van der Waals surface area contributed by atoms with Crippen LogP contribution in [0.3, 0.4) is 0 Å².